The maximum Gasteiger partial charge on any atom is 0.260 e. The molecule has 3 aromatic heterocycles. The Morgan fingerprint density at radius 2 is 1.92 bits per heavy atom. The van der Waals surface area contributed by atoms with Crippen LogP contribution in [0.15, 0.2) is 47.4 Å². The Kier molecular flexibility index (Phi) is 3.86. The van der Waals surface area contributed by atoms with Crippen molar-refractivity contribution in [3.05, 3.63) is 68.7 Å². The lowest BCUT2D eigenvalue weighted by Crippen LogP contribution is -2.09. The molecule has 0 amide bonds. The van der Waals surface area contributed by atoms with Crippen LogP contribution in [0.3, 0.4) is 0 Å². The molecule has 4 nitrogen and oxygen atoms in total. The van der Waals surface area contributed by atoms with Crippen molar-refractivity contribution in [3.8, 4) is 22.6 Å². The summed E-state index contributed by atoms with van der Waals surface area (Å²) in [6.45, 7) is 1.92. The minimum Gasteiger partial charge on any atom is -0.305 e. The average Bonchev–Trinajstić information content (AvgIpc) is 2.93. The molecular formula is C18H11ClFN3OS. The highest BCUT2D eigenvalue weighted by molar-refractivity contribution is 7.19. The molecule has 0 radical (unpaired) electrons. The van der Waals surface area contributed by atoms with Gasteiger partial charge in [-0.05, 0) is 36.8 Å². The Labute approximate surface area is 151 Å². The van der Waals surface area contributed by atoms with Crippen LogP contribution < -0.4 is 5.56 Å². The van der Waals surface area contributed by atoms with Gasteiger partial charge in [0.15, 0.2) is 5.82 Å². The van der Waals surface area contributed by atoms with Crippen molar-refractivity contribution in [2.75, 3.05) is 0 Å². The van der Waals surface area contributed by atoms with Gasteiger partial charge in [0.1, 0.15) is 16.3 Å². The van der Waals surface area contributed by atoms with E-state index >= 15 is 0 Å². The maximum absolute atomic E-state index is 13.2. The molecule has 7 heteroatoms. The van der Waals surface area contributed by atoms with Crippen LogP contribution >= 0.6 is 22.9 Å². The van der Waals surface area contributed by atoms with E-state index in [1.165, 1.54) is 29.7 Å². The fraction of sp³-hybridized carbons (Fsp3) is 0.0556. The van der Waals surface area contributed by atoms with Crippen molar-refractivity contribution in [3.63, 3.8) is 0 Å². The van der Waals surface area contributed by atoms with Crippen molar-refractivity contribution in [2.45, 2.75) is 6.92 Å². The highest BCUT2D eigenvalue weighted by Gasteiger charge is 2.17. The van der Waals surface area contributed by atoms with Gasteiger partial charge in [-0.3, -0.25) is 9.78 Å². The van der Waals surface area contributed by atoms with Crippen molar-refractivity contribution in [1.29, 1.82) is 0 Å². The summed E-state index contributed by atoms with van der Waals surface area (Å²) >= 11 is 7.27. The van der Waals surface area contributed by atoms with Gasteiger partial charge in [0.05, 0.1) is 10.4 Å². The summed E-state index contributed by atoms with van der Waals surface area (Å²) in [6.07, 6.45) is 1.50. The van der Waals surface area contributed by atoms with E-state index in [2.05, 4.69) is 15.0 Å². The Morgan fingerprint density at radius 1 is 1.16 bits per heavy atom. The number of pyridine rings is 1. The number of hydrogen-bond donors (Lipinski definition) is 1. The minimum absolute atomic E-state index is 0.250. The number of nitrogens with one attached hydrogen (secondary N) is 1. The number of benzene rings is 1. The van der Waals surface area contributed by atoms with E-state index in [-0.39, 0.29) is 11.4 Å². The van der Waals surface area contributed by atoms with E-state index in [1.54, 1.807) is 24.3 Å². The van der Waals surface area contributed by atoms with Crippen molar-refractivity contribution in [1.82, 2.24) is 15.0 Å². The predicted octanol–water partition coefficient (Wildman–Crippen LogP) is 4.81. The smallest absolute Gasteiger partial charge is 0.260 e. The molecule has 124 valence electrons. The molecule has 4 aromatic rings. The zero-order chi connectivity index (χ0) is 17.6. The molecule has 1 aromatic carbocycles. The number of aromatic amines is 1. The summed E-state index contributed by atoms with van der Waals surface area (Å²) in [5.41, 5.74) is 1.86. The molecule has 0 bridgehead atoms. The molecule has 3 heterocycles. The maximum atomic E-state index is 13.2. The predicted molar refractivity (Wildman–Crippen MR) is 98.6 cm³/mol. The largest absolute Gasteiger partial charge is 0.305 e. The number of aryl methyl sites for hydroxylation is 1. The van der Waals surface area contributed by atoms with Crippen molar-refractivity contribution < 1.29 is 4.39 Å². The monoisotopic (exact) mass is 371 g/mol. The quantitative estimate of drug-likeness (QED) is 0.549. The van der Waals surface area contributed by atoms with Crippen molar-refractivity contribution >= 4 is 33.2 Å². The molecular weight excluding hydrogens is 361 g/mol. The standard InChI is InChI=1S/C18H11ClFN3OS/c1-9-14(10-2-5-12(20)6-3-10)15-17(24)22-16(23-18(15)25-9)13-7-4-11(19)8-21-13/h2-8H,1H3,(H,22,23,24). The first-order valence-corrected chi connectivity index (χ1v) is 8.63. The summed E-state index contributed by atoms with van der Waals surface area (Å²) in [7, 11) is 0. The van der Waals surface area contributed by atoms with Crippen LogP contribution in [0, 0.1) is 12.7 Å². The number of hydrogen-bond acceptors (Lipinski definition) is 4. The third-order valence-electron chi connectivity index (χ3n) is 3.84. The molecule has 0 fully saturated rings. The number of H-pyrrole nitrogens is 1. The molecule has 0 unspecified atom stereocenters. The van der Waals surface area contributed by atoms with Gasteiger partial charge in [-0.15, -0.1) is 11.3 Å². The summed E-state index contributed by atoms with van der Waals surface area (Å²) in [5.74, 6) is 0.0742. The van der Waals surface area contributed by atoms with E-state index in [1.807, 2.05) is 6.92 Å². The second-order valence-corrected chi connectivity index (χ2v) is 7.14. The SMILES string of the molecule is Cc1sc2nc(-c3ccc(Cl)cn3)[nH]c(=O)c2c1-c1ccc(F)cc1. The Balaban J connectivity index is 1.93. The second kappa shape index (κ2) is 6.06. The molecule has 25 heavy (non-hydrogen) atoms. The van der Waals surface area contributed by atoms with Crippen LogP contribution in [0.5, 0.6) is 0 Å². The Bertz CT molecular complexity index is 1130. The molecule has 0 aliphatic heterocycles. The van der Waals surface area contributed by atoms with Crippen LogP contribution in [-0.2, 0) is 0 Å². The third-order valence-corrected chi connectivity index (χ3v) is 5.06. The van der Waals surface area contributed by atoms with Gasteiger partial charge in [-0.1, -0.05) is 23.7 Å². The van der Waals surface area contributed by atoms with E-state index in [4.69, 9.17) is 11.6 Å². The highest BCUT2D eigenvalue weighted by atomic mass is 35.5. The fourth-order valence-corrected chi connectivity index (χ4v) is 3.88. The first kappa shape index (κ1) is 15.9. The van der Waals surface area contributed by atoms with Crippen LogP contribution in [0.25, 0.3) is 32.9 Å². The van der Waals surface area contributed by atoms with Crippen LogP contribution in [-0.4, -0.2) is 15.0 Å². The number of rotatable bonds is 2. The molecule has 0 atom stereocenters. The molecule has 0 aliphatic carbocycles. The third kappa shape index (κ3) is 2.83. The number of fused-ring (bicyclic) bond motifs is 1. The lowest BCUT2D eigenvalue weighted by molar-refractivity contribution is 0.628. The average molecular weight is 372 g/mol. The van der Waals surface area contributed by atoms with Gasteiger partial charge in [-0.2, -0.15) is 0 Å². The van der Waals surface area contributed by atoms with Gasteiger partial charge >= 0.3 is 0 Å². The van der Waals surface area contributed by atoms with Gasteiger partial charge < -0.3 is 4.98 Å². The Morgan fingerprint density at radius 3 is 2.60 bits per heavy atom. The number of aromatic nitrogens is 3. The molecule has 0 aliphatic rings. The van der Waals surface area contributed by atoms with Crippen LogP contribution in [0.1, 0.15) is 4.88 Å². The van der Waals surface area contributed by atoms with Crippen molar-refractivity contribution in [2.24, 2.45) is 0 Å². The number of thiophene rings is 1. The molecule has 4 rings (SSSR count). The topological polar surface area (TPSA) is 58.6 Å². The highest BCUT2D eigenvalue weighted by Crippen LogP contribution is 2.36. The summed E-state index contributed by atoms with van der Waals surface area (Å²) in [4.78, 5) is 25.8. The molecule has 0 spiro atoms. The van der Waals surface area contributed by atoms with E-state index < -0.39 is 0 Å². The zero-order valence-electron chi connectivity index (χ0n) is 13.0. The summed E-state index contributed by atoms with van der Waals surface area (Å²) < 4.78 is 13.2. The summed E-state index contributed by atoms with van der Waals surface area (Å²) in [6, 6.07) is 9.49. The number of halogens is 2. The minimum atomic E-state index is -0.316. The summed E-state index contributed by atoms with van der Waals surface area (Å²) in [5, 5.41) is 1.02. The Hall–Kier alpha value is -2.57. The van der Waals surface area contributed by atoms with Gasteiger partial charge in [0.25, 0.3) is 5.56 Å². The lowest BCUT2D eigenvalue weighted by Gasteiger charge is -2.03. The van der Waals surface area contributed by atoms with E-state index in [0.717, 1.165) is 16.0 Å². The van der Waals surface area contributed by atoms with Crippen LogP contribution in [0.4, 0.5) is 4.39 Å². The lowest BCUT2D eigenvalue weighted by atomic mass is 10.0. The first-order chi connectivity index (χ1) is 12.0. The van der Waals surface area contributed by atoms with Gasteiger partial charge in [0, 0.05) is 16.6 Å². The normalized spacial score (nSPS) is 11.2. The van der Waals surface area contributed by atoms with Crippen LogP contribution in [0.2, 0.25) is 5.02 Å². The molecule has 0 saturated carbocycles. The first-order valence-electron chi connectivity index (χ1n) is 7.44. The fourth-order valence-electron chi connectivity index (χ4n) is 2.72. The number of nitrogens with zero attached hydrogens (tertiary/aromatic N) is 2. The van der Waals surface area contributed by atoms with E-state index in [0.29, 0.717) is 26.8 Å². The molecule has 0 saturated heterocycles. The van der Waals surface area contributed by atoms with Gasteiger partial charge in [-0.25, -0.2) is 9.37 Å². The zero-order valence-corrected chi connectivity index (χ0v) is 14.6. The molecule has 1 N–H and O–H groups in total. The van der Waals surface area contributed by atoms with E-state index in [9.17, 15) is 9.18 Å². The van der Waals surface area contributed by atoms with Gasteiger partial charge in [0.2, 0.25) is 0 Å². The second-order valence-electron chi connectivity index (χ2n) is 5.50.